The topological polar surface area (TPSA) is 74.3 Å². The summed E-state index contributed by atoms with van der Waals surface area (Å²) in [5.74, 6) is 2.71. The molecule has 6 heteroatoms. The van der Waals surface area contributed by atoms with E-state index in [9.17, 15) is 0 Å². The van der Waals surface area contributed by atoms with Crippen LogP contribution in [-0.2, 0) is 11.3 Å². The number of ether oxygens (including phenoxy) is 1. The van der Waals surface area contributed by atoms with E-state index in [2.05, 4.69) is 21.3 Å². The van der Waals surface area contributed by atoms with Crippen molar-refractivity contribution in [3.8, 4) is 6.07 Å². The fourth-order valence-corrected chi connectivity index (χ4v) is 3.86. The van der Waals surface area contributed by atoms with Gasteiger partial charge >= 0.3 is 0 Å². The molecule has 0 unspecified atom stereocenters. The van der Waals surface area contributed by atoms with Crippen LogP contribution in [0.5, 0.6) is 0 Å². The van der Waals surface area contributed by atoms with Gasteiger partial charge in [0.05, 0.1) is 24.8 Å². The van der Waals surface area contributed by atoms with Crippen molar-refractivity contribution in [2.75, 3.05) is 25.0 Å². The molecule has 4 heterocycles. The highest BCUT2D eigenvalue weighted by Crippen LogP contribution is 2.36. The number of hydrogen-bond donors (Lipinski definition) is 1. The zero-order chi connectivity index (χ0) is 17.3. The first-order valence-corrected chi connectivity index (χ1v) is 8.69. The molecule has 2 saturated heterocycles. The molecule has 4 rings (SSSR count). The van der Waals surface area contributed by atoms with Gasteiger partial charge in [-0.15, -0.1) is 0 Å². The minimum absolute atomic E-state index is 0.0772. The van der Waals surface area contributed by atoms with Crippen molar-refractivity contribution in [3.63, 3.8) is 0 Å². The Kier molecular flexibility index (Phi) is 4.20. The highest BCUT2D eigenvalue weighted by atomic mass is 16.5. The van der Waals surface area contributed by atoms with Crippen LogP contribution in [0.3, 0.4) is 0 Å². The molecule has 1 N–H and O–H groups in total. The molecule has 25 heavy (non-hydrogen) atoms. The lowest BCUT2D eigenvalue weighted by molar-refractivity contribution is 0.0115. The number of nitrogens with one attached hydrogen (secondary N) is 1. The Balaban J connectivity index is 1.35. The molecule has 2 atom stereocenters. The van der Waals surface area contributed by atoms with Crippen LogP contribution >= 0.6 is 0 Å². The number of aryl methyl sites for hydroxylation is 1. The van der Waals surface area contributed by atoms with Gasteiger partial charge in [0.25, 0.3) is 0 Å². The van der Waals surface area contributed by atoms with Crippen molar-refractivity contribution in [2.24, 2.45) is 0 Å². The number of furan rings is 1. The van der Waals surface area contributed by atoms with E-state index in [4.69, 9.17) is 14.4 Å². The van der Waals surface area contributed by atoms with Crippen LogP contribution in [0.25, 0.3) is 0 Å². The Morgan fingerprint density at radius 1 is 1.40 bits per heavy atom. The largest absolute Gasteiger partial charge is 0.465 e. The zero-order valence-corrected chi connectivity index (χ0v) is 14.4. The van der Waals surface area contributed by atoms with Crippen LogP contribution in [-0.4, -0.2) is 41.2 Å². The summed E-state index contributed by atoms with van der Waals surface area (Å²) in [6, 6.07) is 11.8. The van der Waals surface area contributed by atoms with Gasteiger partial charge < -0.3 is 14.5 Å². The molecule has 0 radical (unpaired) electrons. The molecule has 1 spiro atoms. The molecule has 0 amide bonds. The summed E-state index contributed by atoms with van der Waals surface area (Å²) >= 11 is 0. The Morgan fingerprint density at radius 2 is 2.32 bits per heavy atom. The first kappa shape index (κ1) is 16.1. The number of nitrogens with zero attached hydrogens (tertiary/aromatic N) is 3. The zero-order valence-electron chi connectivity index (χ0n) is 14.4. The third kappa shape index (κ3) is 3.53. The third-order valence-corrected chi connectivity index (χ3v) is 5.00. The lowest BCUT2D eigenvalue weighted by Gasteiger charge is -2.23. The Labute approximate surface area is 147 Å². The molecule has 2 aliphatic rings. The third-order valence-electron chi connectivity index (χ3n) is 5.00. The van der Waals surface area contributed by atoms with Crippen LogP contribution in [0.15, 0.2) is 34.7 Å². The van der Waals surface area contributed by atoms with E-state index < -0.39 is 0 Å². The maximum absolute atomic E-state index is 8.96. The predicted octanol–water partition coefficient (Wildman–Crippen LogP) is 2.70. The summed E-state index contributed by atoms with van der Waals surface area (Å²) < 4.78 is 11.9. The molecule has 130 valence electrons. The Bertz CT molecular complexity index is 797. The average Bonchev–Trinajstić information content (AvgIpc) is 3.31. The van der Waals surface area contributed by atoms with Crippen molar-refractivity contribution >= 4 is 5.82 Å². The van der Waals surface area contributed by atoms with E-state index >= 15 is 0 Å². The van der Waals surface area contributed by atoms with Gasteiger partial charge in [0.1, 0.15) is 29.1 Å². The standard InChI is InChI=1S/C19H22N4O2/c1-14-5-6-17(25-14)11-23-8-7-19(13-23)9-16(12-24-19)22-18-4-2-3-15(10-20)21-18/h2-6,16H,7-9,11-13H2,1H3,(H,21,22)/t16-,19-/m0/s1. The minimum Gasteiger partial charge on any atom is -0.465 e. The molecular weight excluding hydrogens is 316 g/mol. The fraction of sp³-hybridized carbons (Fsp3) is 0.474. The number of nitriles is 1. The van der Waals surface area contributed by atoms with Crippen molar-refractivity contribution < 1.29 is 9.15 Å². The quantitative estimate of drug-likeness (QED) is 0.924. The van der Waals surface area contributed by atoms with Gasteiger partial charge in [-0.1, -0.05) is 6.07 Å². The average molecular weight is 338 g/mol. The second kappa shape index (κ2) is 6.51. The van der Waals surface area contributed by atoms with Gasteiger partial charge in [0, 0.05) is 19.5 Å². The van der Waals surface area contributed by atoms with E-state index in [1.165, 1.54) is 0 Å². The van der Waals surface area contributed by atoms with E-state index in [1.807, 2.05) is 31.2 Å². The fourth-order valence-electron chi connectivity index (χ4n) is 3.86. The summed E-state index contributed by atoms with van der Waals surface area (Å²) in [6.07, 6.45) is 2.00. The Hall–Kier alpha value is -2.36. The molecule has 2 aromatic rings. The lowest BCUT2D eigenvalue weighted by atomic mass is 9.97. The molecule has 2 aromatic heterocycles. The summed E-state index contributed by atoms with van der Waals surface area (Å²) in [4.78, 5) is 6.69. The normalized spacial score (nSPS) is 26.2. The first-order chi connectivity index (χ1) is 12.1. The monoisotopic (exact) mass is 338 g/mol. The SMILES string of the molecule is Cc1ccc(CN2CC[C@]3(C[C@H](Nc4cccc(C#N)n4)CO3)C2)o1. The van der Waals surface area contributed by atoms with Crippen molar-refractivity contribution in [1.29, 1.82) is 5.26 Å². The summed E-state index contributed by atoms with van der Waals surface area (Å²) in [7, 11) is 0. The molecule has 6 nitrogen and oxygen atoms in total. The van der Waals surface area contributed by atoms with Crippen LogP contribution in [0.2, 0.25) is 0 Å². The second-order valence-electron chi connectivity index (χ2n) is 7.03. The molecule has 0 saturated carbocycles. The molecule has 2 aliphatic heterocycles. The number of pyridine rings is 1. The number of likely N-dealkylation sites (tertiary alicyclic amines) is 1. The van der Waals surface area contributed by atoms with Crippen molar-refractivity contribution in [1.82, 2.24) is 9.88 Å². The van der Waals surface area contributed by atoms with Gasteiger partial charge in [-0.3, -0.25) is 4.90 Å². The van der Waals surface area contributed by atoms with Gasteiger partial charge in [0.15, 0.2) is 0 Å². The maximum atomic E-state index is 8.96. The maximum Gasteiger partial charge on any atom is 0.142 e. The molecule has 0 aliphatic carbocycles. The van der Waals surface area contributed by atoms with E-state index in [0.29, 0.717) is 12.3 Å². The van der Waals surface area contributed by atoms with Crippen molar-refractivity contribution in [3.05, 3.63) is 47.5 Å². The van der Waals surface area contributed by atoms with Gasteiger partial charge in [-0.2, -0.15) is 5.26 Å². The lowest BCUT2D eigenvalue weighted by Crippen LogP contribution is -2.33. The first-order valence-electron chi connectivity index (χ1n) is 8.69. The Morgan fingerprint density at radius 3 is 3.12 bits per heavy atom. The second-order valence-corrected chi connectivity index (χ2v) is 7.03. The molecular formula is C19H22N4O2. The number of aromatic nitrogens is 1. The van der Waals surface area contributed by atoms with Crippen LogP contribution < -0.4 is 5.32 Å². The van der Waals surface area contributed by atoms with Crippen molar-refractivity contribution in [2.45, 2.75) is 38.0 Å². The molecule has 2 fully saturated rings. The van der Waals surface area contributed by atoms with Gasteiger partial charge in [-0.25, -0.2) is 4.98 Å². The van der Waals surface area contributed by atoms with Crippen LogP contribution in [0, 0.1) is 18.3 Å². The van der Waals surface area contributed by atoms with Gasteiger partial charge in [-0.05, 0) is 37.6 Å². The highest BCUT2D eigenvalue weighted by molar-refractivity contribution is 5.39. The van der Waals surface area contributed by atoms with Crippen LogP contribution in [0.1, 0.15) is 30.1 Å². The van der Waals surface area contributed by atoms with Gasteiger partial charge in [0.2, 0.25) is 0 Å². The summed E-state index contributed by atoms with van der Waals surface area (Å²) in [6.45, 7) is 5.43. The van der Waals surface area contributed by atoms with Crippen LogP contribution in [0.4, 0.5) is 5.82 Å². The molecule has 0 bridgehead atoms. The minimum atomic E-state index is -0.0772. The summed E-state index contributed by atoms with van der Waals surface area (Å²) in [5.41, 5.74) is 0.353. The van der Waals surface area contributed by atoms with E-state index in [1.54, 1.807) is 6.07 Å². The predicted molar refractivity (Wildman–Crippen MR) is 93.0 cm³/mol. The number of anilines is 1. The smallest absolute Gasteiger partial charge is 0.142 e. The molecule has 0 aromatic carbocycles. The summed E-state index contributed by atoms with van der Waals surface area (Å²) in [5, 5.41) is 12.4. The number of hydrogen-bond acceptors (Lipinski definition) is 6. The van der Waals surface area contributed by atoms with E-state index in [-0.39, 0.29) is 11.6 Å². The highest BCUT2D eigenvalue weighted by Gasteiger charge is 2.45. The number of rotatable bonds is 4. The van der Waals surface area contributed by atoms with E-state index in [0.717, 1.165) is 49.8 Å².